The molecule has 2 atom stereocenters. The van der Waals surface area contributed by atoms with E-state index in [-0.39, 0.29) is 18.1 Å². The minimum absolute atomic E-state index is 0.125. The molecule has 1 aromatic rings. The van der Waals surface area contributed by atoms with Crippen LogP contribution in [0.4, 0.5) is 5.69 Å². The maximum atomic E-state index is 12.6. The number of rotatable bonds is 3. The molecule has 5 heteroatoms. The molecule has 0 aliphatic carbocycles. The molecule has 1 amide bonds. The quantitative estimate of drug-likeness (QED) is 0.897. The van der Waals surface area contributed by atoms with Crippen molar-refractivity contribution in [3.63, 3.8) is 0 Å². The van der Waals surface area contributed by atoms with Crippen LogP contribution in [0.25, 0.3) is 0 Å². The number of amides is 1. The summed E-state index contributed by atoms with van der Waals surface area (Å²) in [6.45, 7) is 6.71. The Morgan fingerprint density at radius 3 is 2.41 bits per heavy atom. The molecule has 0 spiro atoms. The van der Waals surface area contributed by atoms with E-state index in [4.69, 9.17) is 0 Å². The SMILES string of the molecule is CC(C(=O)N1CCN(c2ccccc2)CC1)N1CC[C@H](O)C1. The van der Waals surface area contributed by atoms with Gasteiger partial charge in [-0.15, -0.1) is 0 Å². The standard InChI is InChI=1S/C17H25N3O2/c1-14(20-8-7-16(21)13-20)17(22)19-11-9-18(10-12-19)15-5-3-2-4-6-15/h2-6,14,16,21H,7-13H2,1H3/t14?,16-/m0/s1. The number of hydrogen-bond acceptors (Lipinski definition) is 4. The van der Waals surface area contributed by atoms with Crippen molar-refractivity contribution in [1.82, 2.24) is 9.80 Å². The third-order valence-corrected chi connectivity index (χ3v) is 4.81. The first kappa shape index (κ1) is 15.3. The van der Waals surface area contributed by atoms with Crippen LogP contribution in [0.2, 0.25) is 0 Å². The molecule has 0 aromatic heterocycles. The van der Waals surface area contributed by atoms with E-state index in [0.29, 0.717) is 6.54 Å². The first-order chi connectivity index (χ1) is 10.6. The zero-order chi connectivity index (χ0) is 15.5. The van der Waals surface area contributed by atoms with Crippen molar-refractivity contribution in [3.05, 3.63) is 30.3 Å². The van der Waals surface area contributed by atoms with Crippen LogP contribution in [0.1, 0.15) is 13.3 Å². The molecule has 2 heterocycles. The van der Waals surface area contributed by atoms with Gasteiger partial charge in [-0.3, -0.25) is 9.69 Å². The van der Waals surface area contributed by atoms with Crippen molar-refractivity contribution >= 4 is 11.6 Å². The minimum Gasteiger partial charge on any atom is -0.392 e. The zero-order valence-corrected chi connectivity index (χ0v) is 13.2. The smallest absolute Gasteiger partial charge is 0.239 e. The summed E-state index contributed by atoms with van der Waals surface area (Å²) in [5.74, 6) is 0.196. The van der Waals surface area contributed by atoms with E-state index >= 15 is 0 Å². The molecule has 2 fully saturated rings. The molecule has 22 heavy (non-hydrogen) atoms. The van der Waals surface area contributed by atoms with Gasteiger partial charge in [0.15, 0.2) is 0 Å². The molecule has 0 radical (unpaired) electrons. The maximum absolute atomic E-state index is 12.6. The second-order valence-electron chi connectivity index (χ2n) is 6.26. The summed E-state index contributed by atoms with van der Waals surface area (Å²) in [6.07, 6.45) is 0.504. The van der Waals surface area contributed by atoms with Crippen LogP contribution in [0.15, 0.2) is 30.3 Å². The first-order valence-corrected chi connectivity index (χ1v) is 8.16. The van der Waals surface area contributed by atoms with Crippen LogP contribution < -0.4 is 4.90 Å². The van der Waals surface area contributed by atoms with E-state index in [9.17, 15) is 9.90 Å². The molecule has 2 aliphatic heterocycles. The van der Waals surface area contributed by atoms with Gasteiger partial charge in [0.2, 0.25) is 5.91 Å². The molecule has 3 rings (SSSR count). The Balaban J connectivity index is 1.53. The lowest BCUT2D eigenvalue weighted by Crippen LogP contribution is -2.54. The second-order valence-corrected chi connectivity index (χ2v) is 6.26. The first-order valence-electron chi connectivity index (χ1n) is 8.16. The van der Waals surface area contributed by atoms with Gasteiger partial charge in [0.25, 0.3) is 0 Å². The van der Waals surface area contributed by atoms with Gasteiger partial charge < -0.3 is 14.9 Å². The highest BCUT2D eigenvalue weighted by atomic mass is 16.3. The van der Waals surface area contributed by atoms with Crippen LogP contribution in [-0.4, -0.2) is 72.2 Å². The predicted octanol–water partition coefficient (Wildman–Crippen LogP) is 0.790. The summed E-state index contributed by atoms with van der Waals surface area (Å²) in [5.41, 5.74) is 1.23. The van der Waals surface area contributed by atoms with Gasteiger partial charge in [-0.05, 0) is 25.5 Å². The number of aliphatic hydroxyl groups excluding tert-OH is 1. The largest absolute Gasteiger partial charge is 0.392 e. The number of anilines is 1. The second kappa shape index (κ2) is 6.67. The number of carbonyl (C=O) groups is 1. The highest BCUT2D eigenvalue weighted by Crippen LogP contribution is 2.18. The maximum Gasteiger partial charge on any atom is 0.239 e. The topological polar surface area (TPSA) is 47.0 Å². The summed E-state index contributed by atoms with van der Waals surface area (Å²) >= 11 is 0. The molecule has 1 unspecified atom stereocenters. The Morgan fingerprint density at radius 1 is 1.14 bits per heavy atom. The Labute approximate surface area is 132 Å². The number of benzene rings is 1. The Hall–Kier alpha value is -1.59. The van der Waals surface area contributed by atoms with Crippen LogP contribution in [0.3, 0.4) is 0 Å². The minimum atomic E-state index is -0.273. The highest BCUT2D eigenvalue weighted by molar-refractivity contribution is 5.81. The van der Waals surface area contributed by atoms with Crippen molar-refractivity contribution < 1.29 is 9.90 Å². The molecule has 1 aromatic carbocycles. The Morgan fingerprint density at radius 2 is 1.82 bits per heavy atom. The fourth-order valence-corrected chi connectivity index (χ4v) is 3.36. The van der Waals surface area contributed by atoms with Crippen molar-refractivity contribution in [2.75, 3.05) is 44.2 Å². The number of aliphatic hydroxyl groups is 1. The van der Waals surface area contributed by atoms with Gasteiger partial charge in [0, 0.05) is 45.0 Å². The van der Waals surface area contributed by atoms with E-state index in [1.54, 1.807) is 0 Å². The summed E-state index contributed by atoms with van der Waals surface area (Å²) in [4.78, 5) is 19.0. The van der Waals surface area contributed by atoms with Crippen LogP contribution in [0.5, 0.6) is 0 Å². The molecular formula is C17H25N3O2. The molecule has 1 N–H and O–H groups in total. The lowest BCUT2D eigenvalue weighted by molar-refractivity contribution is -0.136. The summed E-state index contributed by atoms with van der Waals surface area (Å²) < 4.78 is 0. The van der Waals surface area contributed by atoms with E-state index in [0.717, 1.165) is 39.1 Å². The Kier molecular flexibility index (Phi) is 4.64. The average molecular weight is 303 g/mol. The molecule has 0 saturated carbocycles. The van der Waals surface area contributed by atoms with Gasteiger partial charge in [0.05, 0.1) is 12.1 Å². The zero-order valence-electron chi connectivity index (χ0n) is 13.2. The lowest BCUT2D eigenvalue weighted by Gasteiger charge is -2.38. The number of piperazine rings is 1. The number of hydrogen-bond donors (Lipinski definition) is 1. The average Bonchev–Trinajstić information content (AvgIpc) is 3.01. The number of para-hydroxylation sites is 1. The normalized spacial score (nSPS) is 24.5. The fraction of sp³-hybridized carbons (Fsp3) is 0.588. The van der Waals surface area contributed by atoms with Gasteiger partial charge in [0.1, 0.15) is 0 Å². The molecule has 2 saturated heterocycles. The van der Waals surface area contributed by atoms with E-state index in [1.807, 2.05) is 30.0 Å². The van der Waals surface area contributed by atoms with Gasteiger partial charge in [-0.2, -0.15) is 0 Å². The van der Waals surface area contributed by atoms with Crippen molar-refractivity contribution in [2.24, 2.45) is 0 Å². The molecule has 5 nitrogen and oxygen atoms in total. The third-order valence-electron chi connectivity index (χ3n) is 4.81. The van der Waals surface area contributed by atoms with Gasteiger partial charge in [-0.1, -0.05) is 18.2 Å². The van der Waals surface area contributed by atoms with Gasteiger partial charge >= 0.3 is 0 Å². The van der Waals surface area contributed by atoms with Crippen molar-refractivity contribution in [2.45, 2.75) is 25.5 Å². The number of carbonyl (C=O) groups excluding carboxylic acids is 1. The summed E-state index contributed by atoms with van der Waals surface area (Å²) in [6, 6.07) is 10.2. The lowest BCUT2D eigenvalue weighted by atomic mass is 10.2. The van der Waals surface area contributed by atoms with Crippen molar-refractivity contribution in [1.29, 1.82) is 0 Å². The highest BCUT2D eigenvalue weighted by Gasteiger charge is 2.32. The fourth-order valence-electron chi connectivity index (χ4n) is 3.36. The Bertz CT molecular complexity index is 500. The van der Waals surface area contributed by atoms with E-state index < -0.39 is 0 Å². The number of β-amino-alcohol motifs (C(OH)–C–C–N with tert-alkyl or cyclic N) is 1. The molecule has 120 valence electrons. The van der Waals surface area contributed by atoms with E-state index in [1.165, 1.54) is 5.69 Å². The van der Waals surface area contributed by atoms with E-state index in [2.05, 4.69) is 21.9 Å². The molecule has 2 aliphatic rings. The van der Waals surface area contributed by atoms with Crippen LogP contribution in [-0.2, 0) is 4.79 Å². The molecule has 0 bridgehead atoms. The predicted molar refractivity (Wildman–Crippen MR) is 86.9 cm³/mol. The summed E-state index contributed by atoms with van der Waals surface area (Å²) in [7, 11) is 0. The number of likely N-dealkylation sites (tertiary alicyclic amines) is 1. The summed E-state index contributed by atoms with van der Waals surface area (Å²) in [5, 5.41) is 9.63. The van der Waals surface area contributed by atoms with Crippen LogP contribution >= 0.6 is 0 Å². The van der Waals surface area contributed by atoms with Gasteiger partial charge in [-0.25, -0.2) is 0 Å². The number of nitrogens with zero attached hydrogens (tertiary/aromatic N) is 3. The van der Waals surface area contributed by atoms with Crippen molar-refractivity contribution in [3.8, 4) is 0 Å². The third kappa shape index (κ3) is 3.25. The molecular weight excluding hydrogens is 278 g/mol. The monoisotopic (exact) mass is 303 g/mol. The van der Waals surface area contributed by atoms with Crippen LogP contribution in [0, 0.1) is 0 Å².